The van der Waals surface area contributed by atoms with Crippen molar-refractivity contribution < 1.29 is 29.0 Å². The first-order chi connectivity index (χ1) is 19.5. The maximum Gasteiger partial charge on any atom is 0.410 e. The number of hydrogen-bond acceptors (Lipinski definition) is 6. The van der Waals surface area contributed by atoms with Crippen molar-refractivity contribution in [1.29, 1.82) is 0 Å². The molecule has 1 N–H and O–H groups in total. The summed E-state index contributed by atoms with van der Waals surface area (Å²) >= 11 is 0. The zero-order chi connectivity index (χ0) is 29.3. The monoisotopic (exact) mass is 560 g/mol. The van der Waals surface area contributed by atoms with Gasteiger partial charge in [-0.1, -0.05) is 48.5 Å². The van der Waals surface area contributed by atoms with E-state index in [1.807, 2.05) is 45.0 Å². The third-order valence-electron chi connectivity index (χ3n) is 7.58. The maximum absolute atomic E-state index is 13.7. The van der Waals surface area contributed by atoms with Gasteiger partial charge in [0.05, 0.1) is 6.54 Å². The summed E-state index contributed by atoms with van der Waals surface area (Å²) in [6.45, 7) is 6.47. The number of carboxylic acids is 1. The lowest BCUT2D eigenvalue weighted by Gasteiger charge is -2.38. The average molecular weight is 561 g/mol. The van der Waals surface area contributed by atoms with Gasteiger partial charge in [0.15, 0.2) is 5.69 Å². The Bertz CT molecular complexity index is 1410. The van der Waals surface area contributed by atoms with E-state index in [1.165, 1.54) is 4.68 Å². The van der Waals surface area contributed by atoms with Gasteiger partial charge in [0.25, 0.3) is 0 Å². The number of fused-ring (bicyclic) bond motifs is 3. The van der Waals surface area contributed by atoms with Crippen LogP contribution >= 0.6 is 0 Å². The number of likely N-dealkylation sites (tertiary alicyclic amines) is 1. The molecule has 0 bridgehead atoms. The number of rotatable bonds is 6. The summed E-state index contributed by atoms with van der Waals surface area (Å²) in [6.07, 6.45) is 1.72. The smallest absolute Gasteiger partial charge is 0.410 e. The number of hydrogen-bond donors (Lipinski definition) is 1. The third-order valence-corrected chi connectivity index (χ3v) is 7.58. The summed E-state index contributed by atoms with van der Waals surface area (Å²) < 4.78 is 12.9. The van der Waals surface area contributed by atoms with Gasteiger partial charge in [-0.25, -0.2) is 14.4 Å². The zero-order valence-electron chi connectivity index (χ0n) is 23.9. The van der Waals surface area contributed by atoms with Crippen LogP contribution in [0.15, 0.2) is 54.7 Å². The highest BCUT2D eigenvalue weighted by Crippen LogP contribution is 2.44. The van der Waals surface area contributed by atoms with Crippen molar-refractivity contribution in [2.24, 2.45) is 7.05 Å². The van der Waals surface area contributed by atoms with E-state index in [9.17, 15) is 19.5 Å². The van der Waals surface area contributed by atoms with Crippen LogP contribution in [0.3, 0.4) is 0 Å². The van der Waals surface area contributed by atoms with Gasteiger partial charge < -0.3 is 24.4 Å². The molecule has 0 atom stereocenters. The first kappa shape index (κ1) is 28.2. The highest BCUT2D eigenvalue weighted by molar-refractivity contribution is 5.87. The van der Waals surface area contributed by atoms with E-state index in [-0.39, 0.29) is 36.9 Å². The summed E-state index contributed by atoms with van der Waals surface area (Å²) in [4.78, 5) is 41.4. The van der Waals surface area contributed by atoms with Crippen LogP contribution in [0.25, 0.3) is 11.1 Å². The number of benzene rings is 2. The maximum atomic E-state index is 13.7. The van der Waals surface area contributed by atoms with E-state index in [4.69, 9.17) is 9.47 Å². The lowest BCUT2D eigenvalue weighted by molar-refractivity contribution is 0.0128. The number of carbonyl (C=O) groups is 3. The molecule has 2 aromatic carbocycles. The first-order valence-electron chi connectivity index (χ1n) is 13.9. The Hall–Kier alpha value is -4.34. The predicted octanol–water partition coefficient (Wildman–Crippen LogP) is 5.27. The highest BCUT2D eigenvalue weighted by atomic mass is 16.6. The molecule has 1 aliphatic carbocycles. The summed E-state index contributed by atoms with van der Waals surface area (Å²) in [6, 6.07) is 16.0. The minimum absolute atomic E-state index is 0.0310. The van der Waals surface area contributed by atoms with Crippen LogP contribution in [0.5, 0.6) is 0 Å². The molecule has 0 radical (unpaired) electrons. The van der Waals surface area contributed by atoms with E-state index in [2.05, 4.69) is 29.4 Å². The van der Waals surface area contributed by atoms with Gasteiger partial charge in [0, 0.05) is 43.9 Å². The molecule has 2 heterocycles. The Kier molecular flexibility index (Phi) is 7.75. The molecule has 0 saturated carbocycles. The van der Waals surface area contributed by atoms with Crippen molar-refractivity contribution >= 4 is 18.2 Å². The predicted molar refractivity (Wildman–Crippen MR) is 152 cm³/mol. The van der Waals surface area contributed by atoms with E-state index >= 15 is 0 Å². The Balaban J connectivity index is 1.34. The Morgan fingerprint density at radius 2 is 1.59 bits per heavy atom. The minimum Gasteiger partial charge on any atom is -0.476 e. The zero-order valence-corrected chi connectivity index (χ0v) is 23.9. The van der Waals surface area contributed by atoms with Crippen LogP contribution in [0, 0.1) is 0 Å². The van der Waals surface area contributed by atoms with Crippen molar-refractivity contribution in [2.75, 3.05) is 19.7 Å². The van der Waals surface area contributed by atoms with Gasteiger partial charge in [-0.2, -0.15) is 5.10 Å². The van der Waals surface area contributed by atoms with Crippen molar-refractivity contribution in [3.05, 3.63) is 77.1 Å². The SMILES string of the molecule is Cn1cc(CN(C(=O)OCC2c3ccccc3-c3ccccc32)C2CCN(C(=O)OC(C)(C)C)CC2)c(C(=O)O)n1. The fourth-order valence-electron chi connectivity index (χ4n) is 5.72. The van der Waals surface area contributed by atoms with Gasteiger partial charge in [-0.3, -0.25) is 4.68 Å². The van der Waals surface area contributed by atoms with E-state index < -0.39 is 17.7 Å². The van der Waals surface area contributed by atoms with Gasteiger partial charge in [-0.05, 0) is 55.9 Å². The van der Waals surface area contributed by atoms with Crippen molar-refractivity contribution in [3.8, 4) is 11.1 Å². The van der Waals surface area contributed by atoms with Crippen molar-refractivity contribution in [1.82, 2.24) is 19.6 Å². The lowest BCUT2D eigenvalue weighted by Crippen LogP contribution is -2.49. The first-order valence-corrected chi connectivity index (χ1v) is 13.9. The molecule has 1 aromatic heterocycles. The molecular weight excluding hydrogens is 524 g/mol. The molecule has 5 rings (SSSR count). The van der Waals surface area contributed by atoms with Crippen LogP contribution in [-0.2, 0) is 23.1 Å². The number of aromatic nitrogens is 2. The number of carboxylic acid groups (broad SMARTS) is 1. The second kappa shape index (κ2) is 11.3. The molecule has 3 aromatic rings. The topological polar surface area (TPSA) is 114 Å². The van der Waals surface area contributed by atoms with Crippen LogP contribution in [-0.4, -0.2) is 74.2 Å². The number of carbonyl (C=O) groups excluding carboxylic acids is 2. The third kappa shape index (κ3) is 6.06. The van der Waals surface area contributed by atoms with Crippen molar-refractivity contribution in [2.45, 2.75) is 57.7 Å². The number of aromatic carboxylic acids is 1. The van der Waals surface area contributed by atoms with E-state index in [0.717, 1.165) is 22.3 Å². The van der Waals surface area contributed by atoms with Crippen molar-refractivity contribution in [3.63, 3.8) is 0 Å². The number of piperidine rings is 1. The minimum atomic E-state index is -1.16. The molecule has 0 unspecified atom stereocenters. The van der Waals surface area contributed by atoms with Gasteiger partial charge >= 0.3 is 18.2 Å². The molecule has 2 aliphatic rings. The molecule has 41 heavy (non-hydrogen) atoms. The Labute approximate surface area is 239 Å². The Morgan fingerprint density at radius 1 is 1.00 bits per heavy atom. The Morgan fingerprint density at radius 3 is 2.15 bits per heavy atom. The molecule has 0 spiro atoms. The fourth-order valence-corrected chi connectivity index (χ4v) is 5.72. The van der Waals surface area contributed by atoms with Crippen LogP contribution in [0.1, 0.15) is 66.7 Å². The molecule has 1 aliphatic heterocycles. The molecule has 1 fully saturated rings. The number of amides is 2. The van der Waals surface area contributed by atoms with Crippen LogP contribution in [0.2, 0.25) is 0 Å². The second-order valence-corrected chi connectivity index (χ2v) is 11.6. The van der Waals surface area contributed by atoms with Gasteiger partial charge in [0.2, 0.25) is 0 Å². The molecule has 10 heteroatoms. The van der Waals surface area contributed by atoms with E-state index in [1.54, 1.807) is 23.0 Å². The average Bonchev–Trinajstić information content (AvgIpc) is 3.47. The lowest BCUT2D eigenvalue weighted by atomic mass is 9.98. The normalized spacial score (nSPS) is 15.3. The summed E-state index contributed by atoms with van der Waals surface area (Å²) in [5.41, 5.74) is 4.21. The van der Waals surface area contributed by atoms with Gasteiger partial charge in [0.1, 0.15) is 12.2 Å². The number of ether oxygens (including phenoxy) is 2. The largest absolute Gasteiger partial charge is 0.476 e. The van der Waals surface area contributed by atoms with Crippen LogP contribution in [0.4, 0.5) is 9.59 Å². The molecule has 1 saturated heterocycles. The van der Waals surface area contributed by atoms with Crippen LogP contribution < -0.4 is 0 Å². The highest BCUT2D eigenvalue weighted by Gasteiger charge is 2.35. The quantitative estimate of drug-likeness (QED) is 0.437. The van der Waals surface area contributed by atoms with Gasteiger partial charge in [-0.15, -0.1) is 0 Å². The standard InChI is InChI=1S/C31H36N4O6/c1-31(2,3)41-29(38)34-15-13-21(14-16-34)35(18-20-17-33(4)32-27(20)28(36)37)30(39)40-19-26-24-11-7-5-9-22(24)23-10-6-8-12-25(23)26/h5-12,17,21,26H,13-16,18-19H2,1-4H3,(H,36,37). The summed E-state index contributed by atoms with van der Waals surface area (Å²) in [5.74, 6) is -1.26. The van der Waals surface area contributed by atoms with E-state index in [0.29, 0.717) is 31.5 Å². The number of nitrogens with zero attached hydrogens (tertiary/aromatic N) is 4. The molecule has 2 amide bonds. The molecule has 10 nitrogen and oxygen atoms in total. The second-order valence-electron chi connectivity index (χ2n) is 11.6. The number of aryl methyl sites for hydroxylation is 1. The molecule has 216 valence electrons. The summed E-state index contributed by atoms with van der Waals surface area (Å²) in [7, 11) is 1.65. The molecular formula is C31H36N4O6. The fraction of sp³-hybridized carbons (Fsp3) is 0.419. The summed E-state index contributed by atoms with van der Waals surface area (Å²) in [5, 5.41) is 13.8.